The van der Waals surface area contributed by atoms with Gasteiger partial charge < -0.3 is 19.3 Å². The van der Waals surface area contributed by atoms with E-state index in [1.807, 2.05) is 24.1 Å². The van der Waals surface area contributed by atoms with Crippen molar-refractivity contribution in [1.82, 2.24) is 9.80 Å². The number of nitrogens with zero attached hydrogens (tertiary/aromatic N) is 3. The average molecular weight is 325 g/mol. The molecule has 1 fully saturated rings. The van der Waals surface area contributed by atoms with Crippen molar-refractivity contribution in [3.63, 3.8) is 0 Å². The molecule has 1 saturated heterocycles. The molecule has 0 aromatic heterocycles. The van der Waals surface area contributed by atoms with Crippen LogP contribution in [0.1, 0.15) is 27.7 Å². The first-order valence-electron chi connectivity index (χ1n) is 7.92. The molecule has 2 heterocycles. The van der Waals surface area contributed by atoms with E-state index in [1.54, 1.807) is 11.8 Å². The normalized spacial score (nSPS) is 25.0. The van der Waals surface area contributed by atoms with Crippen molar-refractivity contribution in [2.24, 2.45) is 4.99 Å². The van der Waals surface area contributed by atoms with Gasteiger partial charge >= 0.3 is 0 Å². The first-order chi connectivity index (χ1) is 10.6. The molecule has 2 rings (SSSR count). The summed E-state index contributed by atoms with van der Waals surface area (Å²) in [7, 11) is 0. The number of thioether (sulfide) groups is 1. The van der Waals surface area contributed by atoms with Crippen LogP contribution in [-0.2, 0) is 9.47 Å². The zero-order valence-electron chi connectivity index (χ0n) is 14.0. The van der Waals surface area contributed by atoms with Crippen molar-refractivity contribution in [3.05, 3.63) is 24.7 Å². The van der Waals surface area contributed by atoms with Gasteiger partial charge in [-0.1, -0.05) is 6.58 Å². The van der Waals surface area contributed by atoms with Crippen LogP contribution >= 0.6 is 11.8 Å². The standard InChI is InChI=1S/C16H27N3O2S/c1-6-18(12(3)4)14-8-9-19(13(5)17-14)15-11-22-16(21-15)10-20-7-2/h8-9,12,15-16H,5-7,10-11H2,1-4H3/t15-,16+/m1/s1. The van der Waals surface area contributed by atoms with Crippen LogP contribution in [0.5, 0.6) is 0 Å². The van der Waals surface area contributed by atoms with Crippen molar-refractivity contribution in [2.75, 3.05) is 25.5 Å². The van der Waals surface area contributed by atoms with E-state index in [4.69, 9.17) is 9.47 Å². The molecule has 0 radical (unpaired) electrons. The third-order valence-electron chi connectivity index (χ3n) is 3.69. The van der Waals surface area contributed by atoms with E-state index in [-0.39, 0.29) is 11.7 Å². The Labute approximate surface area is 138 Å². The number of rotatable bonds is 6. The van der Waals surface area contributed by atoms with Gasteiger partial charge in [-0.3, -0.25) is 0 Å². The smallest absolute Gasteiger partial charge is 0.145 e. The quantitative estimate of drug-likeness (QED) is 0.751. The minimum Gasteiger partial charge on any atom is -0.378 e. The van der Waals surface area contributed by atoms with Crippen molar-refractivity contribution in [3.8, 4) is 0 Å². The highest BCUT2D eigenvalue weighted by molar-refractivity contribution is 8.00. The molecule has 0 aliphatic carbocycles. The fraction of sp³-hybridized carbons (Fsp3) is 0.688. The van der Waals surface area contributed by atoms with Gasteiger partial charge in [-0.15, -0.1) is 11.8 Å². The summed E-state index contributed by atoms with van der Waals surface area (Å²) in [6.45, 7) is 14.9. The van der Waals surface area contributed by atoms with Crippen LogP contribution in [-0.4, -0.2) is 58.9 Å². The predicted octanol–water partition coefficient (Wildman–Crippen LogP) is 2.87. The molecule has 0 bridgehead atoms. The number of likely N-dealkylation sites (N-methyl/N-ethyl adjacent to an activating group) is 1. The maximum atomic E-state index is 6.01. The SMILES string of the molecule is C=C1N=C(N(CC)C(C)C)C=CN1[C@H]1CS[C@@H](COCC)O1. The lowest BCUT2D eigenvalue weighted by Gasteiger charge is -2.33. The predicted molar refractivity (Wildman–Crippen MR) is 92.7 cm³/mol. The molecule has 5 nitrogen and oxygen atoms in total. The molecular formula is C16H27N3O2S. The van der Waals surface area contributed by atoms with E-state index in [1.165, 1.54) is 0 Å². The molecule has 0 N–H and O–H groups in total. The van der Waals surface area contributed by atoms with E-state index in [9.17, 15) is 0 Å². The highest BCUT2D eigenvalue weighted by atomic mass is 32.2. The Kier molecular flexibility index (Phi) is 6.35. The van der Waals surface area contributed by atoms with Crippen molar-refractivity contribution in [1.29, 1.82) is 0 Å². The number of hydrogen-bond acceptors (Lipinski definition) is 6. The van der Waals surface area contributed by atoms with E-state index < -0.39 is 0 Å². The third kappa shape index (κ3) is 4.06. The Hall–Kier alpha value is -0.980. The Balaban J connectivity index is 1.96. The van der Waals surface area contributed by atoms with Crippen LogP contribution in [0, 0.1) is 0 Å². The Morgan fingerprint density at radius 2 is 2.32 bits per heavy atom. The Morgan fingerprint density at radius 1 is 1.55 bits per heavy atom. The lowest BCUT2D eigenvalue weighted by molar-refractivity contribution is -0.0370. The molecular weight excluding hydrogens is 298 g/mol. The van der Waals surface area contributed by atoms with Crippen LogP contribution < -0.4 is 0 Å². The molecule has 0 unspecified atom stereocenters. The summed E-state index contributed by atoms with van der Waals surface area (Å²) in [6.07, 6.45) is 4.06. The summed E-state index contributed by atoms with van der Waals surface area (Å²) in [6, 6.07) is 0.418. The molecule has 124 valence electrons. The van der Waals surface area contributed by atoms with Gasteiger partial charge in [0, 0.05) is 31.1 Å². The molecule has 6 heteroatoms. The topological polar surface area (TPSA) is 37.3 Å². The zero-order valence-corrected chi connectivity index (χ0v) is 14.8. The molecule has 0 amide bonds. The van der Waals surface area contributed by atoms with Crippen LogP contribution in [0.4, 0.5) is 0 Å². The average Bonchev–Trinajstić information content (AvgIpc) is 2.94. The first kappa shape index (κ1) is 17.4. The summed E-state index contributed by atoms with van der Waals surface area (Å²) in [5, 5.41) is 0. The molecule has 0 aromatic carbocycles. The molecule has 0 aromatic rings. The van der Waals surface area contributed by atoms with Crippen LogP contribution in [0.15, 0.2) is 29.7 Å². The fourth-order valence-electron chi connectivity index (χ4n) is 2.56. The largest absolute Gasteiger partial charge is 0.378 e. The highest BCUT2D eigenvalue weighted by Crippen LogP contribution is 2.30. The summed E-state index contributed by atoms with van der Waals surface area (Å²) in [5.41, 5.74) is 0.0966. The maximum absolute atomic E-state index is 6.01. The minimum absolute atomic E-state index is 0.0152. The molecule has 0 saturated carbocycles. The maximum Gasteiger partial charge on any atom is 0.145 e. The van der Waals surface area contributed by atoms with Crippen LogP contribution in [0.25, 0.3) is 0 Å². The fourth-order valence-corrected chi connectivity index (χ4v) is 3.58. The number of aliphatic imine (C=N–C) groups is 1. The van der Waals surface area contributed by atoms with Crippen molar-refractivity contribution < 1.29 is 9.47 Å². The second-order valence-electron chi connectivity index (χ2n) is 5.50. The van der Waals surface area contributed by atoms with Crippen LogP contribution in [0.3, 0.4) is 0 Å². The van der Waals surface area contributed by atoms with Gasteiger partial charge in [-0.2, -0.15) is 0 Å². The monoisotopic (exact) mass is 325 g/mol. The Bertz CT molecular complexity index is 451. The number of amidine groups is 1. The second-order valence-corrected chi connectivity index (χ2v) is 6.69. The summed E-state index contributed by atoms with van der Waals surface area (Å²) >= 11 is 1.78. The second kappa shape index (κ2) is 8.04. The van der Waals surface area contributed by atoms with E-state index in [0.717, 1.165) is 30.6 Å². The van der Waals surface area contributed by atoms with Crippen molar-refractivity contribution in [2.45, 2.75) is 45.4 Å². The molecule has 0 spiro atoms. The van der Waals surface area contributed by atoms with Gasteiger partial charge in [0.1, 0.15) is 23.3 Å². The molecule has 2 aliphatic rings. The Morgan fingerprint density at radius 3 is 2.91 bits per heavy atom. The summed E-state index contributed by atoms with van der Waals surface area (Å²) < 4.78 is 11.4. The van der Waals surface area contributed by atoms with E-state index in [0.29, 0.717) is 12.6 Å². The first-order valence-corrected chi connectivity index (χ1v) is 8.97. The molecule has 22 heavy (non-hydrogen) atoms. The minimum atomic E-state index is -0.0152. The molecule has 2 aliphatic heterocycles. The summed E-state index contributed by atoms with van der Waals surface area (Å²) in [5.74, 6) is 2.60. The van der Waals surface area contributed by atoms with Gasteiger partial charge in [0.15, 0.2) is 0 Å². The highest BCUT2D eigenvalue weighted by Gasteiger charge is 2.32. The van der Waals surface area contributed by atoms with Crippen LogP contribution in [0.2, 0.25) is 0 Å². The van der Waals surface area contributed by atoms with Gasteiger partial charge in [0.2, 0.25) is 0 Å². The number of ether oxygens (including phenoxy) is 2. The van der Waals surface area contributed by atoms with E-state index >= 15 is 0 Å². The van der Waals surface area contributed by atoms with E-state index in [2.05, 4.69) is 37.2 Å². The van der Waals surface area contributed by atoms with Gasteiger partial charge in [-0.05, 0) is 33.8 Å². The van der Waals surface area contributed by atoms with Crippen molar-refractivity contribution >= 4 is 17.6 Å². The lowest BCUT2D eigenvalue weighted by Crippen LogP contribution is -2.40. The zero-order chi connectivity index (χ0) is 16.1. The van der Waals surface area contributed by atoms with Gasteiger partial charge in [-0.25, -0.2) is 4.99 Å². The summed E-state index contributed by atoms with van der Waals surface area (Å²) in [4.78, 5) is 8.92. The van der Waals surface area contributed by atoms with Gasteiger partial charge in [0.05, 0.1) is 6.61 Å². The number of hydrogen-bond donors (Lipinski definition) is 0. The van der Waals surface area contributed by atoms with Gasteiger partial charge in [0.25, 0.3) is 0 Å². The molecule has 2 atom stereocenters. The third-order valence-corrected chi connectivity index (χ3v) is 4.78. The lowest BCUT2D eigenvalue weighted by atomic mass is 10.3.